The van der Waals surface area contributed by atoms with E-state index in [2.05, 4.69) is 10.6 Å². The minimum atomic E-state index is -0.223. The second-order valence-corrected chi connectivity index (χ2v) is 7.49. The maximum absolute atomic E-state index is 12.1. The number of benzene rings is 1. The van der Waals surface area contributed by atoms with E-state index in [1.807, 2.05) is 56.0 Å². The van der Waals surface area contributed by atoms with Crippen LogP contribution < -0.4 is 10.6 Å². The third kappa shape index (κ3) is 6.22. The molecule has 1 aliphatic rings. The van der Waals surface area contributed by atoms with Gasteiger partial charge in [-0.3, -0.25) is 4.79 Å². The summed E-state index contributed by atoms with van der Waals surface area (Å²) >= 11 is 0. The standard InChI is InChI=1S/C19H29N3O2/c1-19(2,3)21-18(24)22-13-11-16(12-14-22)20-17(23)10-9-15-7-5-4-6-8-15/h4-8,16H,9-14H2,1-3H3,(H,20,23)(H,21,24). The van der Waals surface area contributed by atoms with Gasteiger partial charge in [0.1, 0.15) is 0 Å². The first-order valence-electron chi connectivity index (χ1n) is 8.74. The van der Waals surface area contributed by atoms with Crippen molar-refractivity contribution in [1.29, 1.82) is 0 Å². The van der Waals surface area contributed by atoms with Crippen LogP contribution in [0.5, 0.6) is 0 Å². The minimum absolute atomic E-state index is 0.0173. The van der Waals surface area contributed by atoms with E-state index in [1.54, 1.807) is 0 Å². The number of hydrogen-bond donors (Lipinski definition) is 2. The van der Waals surface area contributed by atoms with Gasteiger partial charge in [0.2, 0.25) is 5.91 Å². The highest BCUT2D eigenvalue weighted by Crippen LogP contribution is 2.12. The summed E-state index contributed by atoms with van der Waals surface area (Å²) in [4.78, 5) is 26.0. The Balaban J connectivity index is 1.69. The topological polar surface area (TPSA) is 61.4 Å². The summed E-state index contributed by atoms with van der Waals surface area (Å²) in [5.74, 6) is 0.0939. The van der Waals surface area contributed by atoms with Crippen molar-refractivity contribution < 1.29 is 9.59 Å². The summed E-state index contributed by atoms with van der Waals surface area (Å²) in [6, 6.07) is 10.2. The molecule has 1 fully saturated rings. The fraction of sp³-hybridized carbons (Fsp3) is 0.579. The summed E-state index contributed by atoms with van der Waals surface area (Å²) in [7, 11) is 0. The average Bonchev–Trinajstić information content (AvgIpc) is 2.53. The molecule has 5 nitrogen and oxygen atoms in total. The van der Waals surface area contributed by atoms with Crippen molar-refractivity contribution in [1.82, 2.24) is 15.5 Å². The van der Waals surface area contributed by atoms with Gasteiger partial charge >= 0.3 is 6.03 Å². The maximum atomic E-state index is 12.1. The van der Waals surface area contributed by atoms with Gasteiger partial charge in [0.25, 0.3) is 0 Å². The van der Waals surface area contributed by atoms with Gasteiger partial charge in [0.05, 0.1) is 0 Å². The molecular formula is C19H29N3O2. The quantitative estimate of drug-likeness (QED) is 0.891. The number of nitrogens with zero attached hydrogens (tertiary/aromatic N) is 1. The molecule has 0 radical (unpaired) electrons. The van der Waals surface area contributed by atoms with Gasteiger partial charge in [0, 0.05) is 31.1 Å². The molecule has 0 atom stereocenters. The number of urea groups is 1. The third-order valence-corrected chi connectivity index (χ3v) is 4.11. The number of carbonyl (C=O) groups is 2. The number of hydrogen-bond acceptors (Lipinski definition) is 2. The normalized spacial score (nSPS) is 15.9. The van der Waals surface area contributed by atoms with E-state index < -0.39 is 0 Å². The summed E-state index contributed by atoms with van der Waals surface area (Å²) in [6.45, 7) is 7.30. The van der Waals surface area contributed by atoms with Gasteiger partial charge in [-0.1, -0.05) is 30.3 Å². The Morgan fingerprint density at radius 3 is 2.33 bits per heavy atom. The smallest absolute Gasteiger partial charge is 0.317 e. The van der Waals surface area contributed by atoms with Crippen LogP contribution in [0.25, 0.3) is 0 Å². The van der Waals surface area contributed by atoms with E-state index in [4.69, 9.17) is 0 Å². The second kappa shape index (κ2) is 8.18. The van der Waals surface area contributed by atoms with Crippen LogP contribution in [0, 0.1) is 0 Å². The Kier molecular flexibility index (Phi) is 6.23. The molecule has 24 heavy (non-hydrogen) atoms. The van der Waals surface area contributed by atoms with Crippen molar-refractivity contribution >= 4 is 11.9 Å². The first kappa shape index (κ1) is 18.3. The highest BCUT2D eigenvalue weighted by Gasteiger charge is 2.25. The molecule has 5 heteroatoms. The van der Waals surface area contributed by atoms with Crippen LogP contribution in [-0.2, 0) is 11.2 Å². The Hall–Kier alpha value is -2.04. The Labute approximate surface area is 144 Å². The Morgan fingerprint density at radius 2 is 1.75 bits per heavy atom. The van der Waals surface area contributed by atoms with Gasteiger partial charge in [-0.15, -0.1) is 0 Å². The number of amides is 3. The molecule has 0 aliphatic carbocycles. The van der Waals surface area contributed by atoms with Crippen molar-refractivity contribution in [2.75, 3.05) is 13.1 Å². The first-order valence-corrected chi connectivity index (χ1v) is 8.74. The molecule has 0 aromatic heterocycles. The average molecular weight is 331 g/mol. The molecule has 1 heterocycles. The van der Waals surface area contributed by atoms with Crippen molar-refractivity contribution in [3.8, 4) is 0 Å². The van der Waals surface area contributed by atoms with Crippen LogP contribution in [0.2, 0.25) is 0 Å². The van der Waals surface area contributed by atoms with Gasteiger partial charge in [-0.05, 0) is 45.6 Å². The fourth-order valence-corrected chi connectivity index (χ4v) is 2.83. The zero-order valence-electron chi connectivity index (χ0n) is 15.0. The summed E-state index contributed by atoms with van der Waals surface area (Å²) < 4.78 is 0. The summed E-state index contributed by atoms with van der Waals surface area (Å²) in [6.07, 6.45) is 2.90. The zero-order valence-corrected chi connectivity index (χ0v) is 15.0. The molecule has 2 rings (SSSR count). The largest absolute Gasteiger partial charge is 0.353 e. The lowest BCUT2D eigenvalue weighted by molar-refractivity contribution is -0.122. The van der Waals surface area contributed by atoms with E-state index in [0.29, 0.717) is 19.5 Å². The highest BCUT2D eigenvalue weighted by molar-refractivity contribution is 5.77. The molecule has 0 spiro atoms. The summed E-state index contributed by atoms with van der Waals surface area (Å²) in [5, 5.41) is 6.08. The molecule has 1 aromatic carbocycles. The monoisotopic (exact) mass is 331 g/mol. The van der Waals surface area contributed by atoms with Crippen LogP contribution in [0.3, 0.4) is 0 Å². The lowest BCUT2D eigenvalue weighted by atomic mass is 10.0. The molecule has 2 N–H and O–H groups in total. The number of nitrogens with one attached hydrogen (secondary N) is 2. The van der Waals surface area contributed by atoms with Crippen LogP contribution in [-0.4, -0.2) is 41.5 Å². The predicted molar refractivity (Wildman–Crippen MR) is 95.8 cm³/mol. The number of carbonyl (C=O) groups excluding carboxylic acids is 2. The van der Waals surface area contributed by atoms with Crippen LogP contribution in [0.4, 0.5) is 4.79 Å². The Morgan fingerprint density at radius 1 is 1.12 bits per heavy atom. The van der Waals surface area contributed by atoms with Crippen molar-refractivity contribution in [2.45, 2.75) is 58.0 Å². The van der Waals surface area contributed by atoms with Crippen LogP contribution >= 0.6 is 0 Å². The highest BCUT2D eigenvalue weighted by atomic mass is 16.2. The SMILES string of the molecule is CC(C)(C)NC(=O)N1CCC(NC(=O)CCc2ccccc2)CC1. The van der Waals surface area contributed by atoms with Crippen molar-refractivity contribution in [2.24, 2.45) is 0 Å². The fourth-order valence-electron chi connectivity index (χ4n) is 2.83. The van der Waals surface area contributed by atoms with Crippen LogP contribution in [0.1, 0.15) is 45.6 Å². The lowest BCUT2D eigenvalue weighted by Crippen LogP contribution is -2.53. The zero-order chi connectivity index (χ0) is 17.6. The molecule has 3 amide bonds. The lowest BCUT2D eigenvalue weighted by Gasteiger charge is -2.34. The number of rotatable bonds is 4. The molecule has 0 saturated carbocycles. The second-order valence-electron chi connectivity index (χ2n) is 7.49. The van der Waals surface area contributed by atoms with E-state index in [-0.39, 0.29) is 23.5 Å². The van der Waals surface area contributed by atoms with E-state index >= 15 is 0 Å². The van der Waals surface area contributed by atoms with E-state index in [9.17, 15) is 9.59 Å². The molecule has 132 valence electrons. The van der Waals surface area contributed by atoms with Gasteiger partial charge in [-0.2, -0.15) is 0 Å². The first-order chi connectivity index (χ1) is 11.3. The molecule has 0 unspecified atom stereocenters. The molecule has 1 aliphatic heterocycles. The number of aryl methyl sites for hydroxylation is 1. The minimum Gasteiger partial charge on any atom is -0.353 e. The number of likely N-dealkylation sites (tertiary alicyclic amines) is 1. The van der Waals surface area contributed by atoms with Gasteiger partial charge < -0.3 is 15.5 Å². The molecule has 1 saturated heterocycles. The van der Waals surface area contributed by atoms with Gasteiger partial charge in [-0.25, -0.2) is 4.79 Å². The maximum Gasteiger partial charge on any atom is 0.317 e. The Bertz CT molecular complexity index is 543. The van der Waals surface area contributed by atoms with Crippen molar-refractivity contribution in [3.63, 3.8) is 0 Å². The molecule has 0 bridgehead atoms. The van der Waals surface area contributed by atoms with Crippen molar-refractivity contribution in [3.05, 3.63) is 35.9 Å². The van der Waals surface area contributed by atoms with E-state index in [0.717, 1.165) is 19.3 Å². The molecule has 1 aromatic rings. The molecular weight excluding hydrogens is 302 g/mol. The van der Waals surface area contributed by atoms with E-state index in [1.165, 1.54) is 5.56 Å². The van der Waals surface area contributed by atoms with Gasteiger partial charge in [0.15, 0.2) is 0 Å². The number of piperidine rings is 1. The summed E-state index contributed by atoms with van der Waals surface area (Å²) in [5.41, 5.74) is 0.959. The van der Waals surface area contributed by atoms with Crippen LogP contribution in [0.15, 0.2) is 30.3 Å². The predicted octanol–water partition coefficient (Wildman–Crippen LogP) is 2.71. The third-order valence-electron chi connectivity index (χ3n) is 4.11.